The van der Waals surface area contributed by atoms with E-state index in [1.54, 1.807) is 39.4 Å². The van der Waals surface area contributed by atoms with E-state index >= 15 is 0 Å². The summed E-state index contributed by atoms with van der Waals surface area (Å²) in [6.45, 7) is 4.07. The summed E-state index contributed by atoms with van der Waals surface area (Å²) in [5, 5.41) is 13.1. The molecule has 9 nitrogen and oxygen atoms in total. The molecule has 1 aromatic carbocycles. The molecule has 33 heavy (non-hydrogen) atoms. The van der Waals surface area contributed by atoms with Gasteiger partial charge in [-0.3, -0.25) is 0 Å². The molecule has 10 heteroatoms. The normalized spacial score (nSPS) is 18.3. The highest BCUT2D eigenvalue weighted by molar-refractivity contribution is 7.89. The van der Waals surface area contributed by atoms with Crippen LogP contribution in [0.25, 0.3) is 5.69 Å². The van der Waals surface area contributed by atoms with Crippen LogP contribution in [0, 0.1) is 0 Å². The van der Waals surface area contributed by atoms with Crippen LogP contribution >= 0.6 is 0 Å². The van der Waals surface area contributed by atoms with E-state index in [1.807, 2.05) is 24.4 Å². The van der Waals surface area contributed by atoms with Crippen LogP contribution in [0.3, 0.4) is 0 Å². The Labute approximate surface area is 194 Å². The molecule has 2 saturated heterocycles. The Morgan fingerprint density at radius 1 is 0.697 bits per heavy atom. The minimum atomic E-state index is -3.54. The Kier molecular flexibility index (Phi) is 6.28. The Morgan fingerprint density at radius 3 is 1.85 bits per heavy atom. The number of rotatable bonds is 5. The molecule has 2 aromatic heterocycles. The van der Waals surface area contributed by atoms with Crippen molar-refractivity contribution in [3.63, 3.8) is 0 Å². The van der Waals surface area contributed by atoms with Crippen molar-refractivity contribution in [1.82, 2.24) is 24.3 Å². The molecule has 2 aliphatic heterocycles. The van der Waals surface area contributed by atoms with Crippen molar-refractivity contribution < 1.29 is 8.42 Å². The van der Waals surface area contributed by atoms with Crippen LogP contribution < -0.4 is 9.80 Å². The van der Waals surface area contributed by atoms with E-state index in [9.17, 15) is 8.42 Å². The van der Waals surface area contributed by atoms with Gasteiger partial charge in [0.25, 0.3) is 0 Å². The second kappa shape index (κ2) is 9.48. The molecule has 0 saturated carbocycles. The number of nitrogens with zero attached hydrogens (tertiary/aromatic N) is 7. The lowest BCUT2D eigenvalue weighted by atomic mass is 10.2. The van der Waals surface area contributed by atoms with E-state index in [4.69, 9.17) is 0 Å². The number of anilines is 2. The molecule has 0 bridgehead atoms. The van der Waals surface area contributed by atoms with Crippen LogP contribution in [-0.2, 0) is 10.0 Å². The highest BCUT2D eigenvalue weighted by Gasteiger charge is 2.29. The average Bonchev–Trinajstić information content (AvgIpc) is 3.27. The van der Waals surface area contributed by atoms with E-state index in [0.29, 0.717) is 31.1 Å². The van der Waals surface area contributed by atoms with E-state index in [-0.39, 0.29) is 0 Å². The SMILES string of the molecule is O=S(=O)(c1ccc(-n2cccn2)cc1)N1CCN(c2ccc(N3CCCCCC3)nn2)CC1. The maximum atomic E-state index is 13.1. The summed E-state index contributed by atoms with van der Waals surface area (Å²) in [5.74, 6) is 1.73. The Hall–Kier alpha value is -2.98. The second-order valence-electron chi connectivity index (χ2n) is 8.49. The lowest BCUT2D eigenvalue weighted by Crippen LogP contribution is -2.49. The summed E-state index contributed by atoms with van der Waals surface area (Å²) < 4.78 is 29.5. The minimum absolute atomic E-state index is 0.299. The Morgan fingerprint density at radius 2 is 1.30 bits per heavy atom. The van der Waals surface area contributed by atoms with Gasteiger partial charge in [0.05, 0.1) is 10.6 Å². The van der Waals surface area contributed by atoms with E-state index in [1.165, 1.54) is 25.7 Å². The van der Waals surface area contributed by atoms with Crippen molar-refractivity contribution in [2.75, 3.05) is 49.1 Å². The molecule has 174 valence electrons. The lowest BCUT2D eigenvalue weighted by molar-refractivity contribution is 0.383. The predicted molar refractivity (Wildman–Crippen MR) is 127 cm³/mol. The smallest absolute Gasteiger partial charge is 0.243 e. The van der Waals surface area contributed by atoms with Crippen molar-refractivity contribution in [3.8, 4) is 5.69 Å². The number of hydrogen-bond donors (Lipinski definition) is 0. The van der Waals surface area contributed by atoms with Crippen molar-refractivity contribution in [3.05, 3.63) is 54.9 Å². The first-order valence-electron chi connectivity index (χ1n) is 11.6. The minimum Gasteiger partial charge on any atom is -0.355 e. The van der Waals surface area contributed by atoms with Crippen molar-refractivity contribution >= 4 is 21.7 Å². The number of sulfonamides is 1. The Bertz CT molecular complexity index is 1130. The molecule has 0 amide bonds. The standard InChI is InChI=1S/C23H29N7O2S/c31-33(32,21-8-6-20(7-9-21)30-15-5-12-24-30)29-18-16-28(17-19-29)23-11-10-22(25-26-23)27-13-3-1-2-4-14-27/h5-12,15H,1-4,13-14,16-19H2. The zero-order valence-corrected chi connectivity index (χ0v) is 19.4. The van der Waals surface area contributed by atoms with Gasteiger partial charge in [-0.15, -0.1) is 10.2 Å². The molecule has 0 aliphatic carbocycles. The first-order valence-corrected chi connectivity index (χ1v) is 13.0. The van der Waals surface area contributed by atoms with Gasteiger partial charge in [-0.25, -0.2) is 13.1 Å². The van der Waals surface area contributed by atoms with Gasteiger partial charge in [0.15, 0.2) is 11.6 Å². The van der Waals surface area contributed by atoms with Gasteiger partial charge in [0.2, 0.25) is 10.0 Å². The fourth-order valence-electron chi connectivity index (χ4n) is 4.45. The Balaban J connectivity index is 1.21. The summed E-state index contributed by atoms with van der Waals surface area (Å²) in [7, 11) is -3.54. The first kappa shape index (κ1) is 21.8. The van der Waals surface area contributed by atoms with Crippen molar-refractivity contribution in [2.24, 2.45) is 0 Å². The molecule has 4 heterocycles. The topological polar surface area (TPSA) is 87.5 Å². The quantitative estimate of drug-likeness (QED) is 0.570. The third kappa shape index (κ3) is 4.72. The van der Waals surface area contributed by atoms with Crippen LogP contribution in [0.2, 0.25) is 0 Å². The summed E-state index contributed by atoms with van der Waals surface area (Å²) >= 11 is 0. The van der Waals surface area contributed by atoms with Gasteiger partial charge in [-0.1, -0.05) is 12.8 Å². The monoisotopic (exact) mass is 467 g/mol. The van der Waals surface area contributed by atoms with Crippen LogP contribution in [0.4, 0.5) is 11.6 Å². The third-order valence-corrected chi connectivity index (χ3v) is 8.29. The third-order valence-electron chi connectivity index (χ3n) is 6.37. The van der Waals surface area contributed by atoms with Gasteiger partial charge in [0, 0.05) is 51.7 Å². The summed E-state index contributed by atoms with van der Waals surface area (Å²) in [6, 6.07) is 12.7. The van der Waals surface area contributed by atoms with Crippen LogP contribution in [-0.4, -0.2) is 72.0 Å². The number of hydrogen-bond acceptors (Lipinski definition) is 7. The second-order valence-corrected chi connectivity index (χ2v) is 10.4. The zero-order valence-electron chi connectivity index (χ0n) is 18.6. The first-order chi connectivity index (χ1) is 16.1. The average molecular weight is 468 g/mol. The van der Waals surface area contributed by atoms with E-state index < -0.39 is 10.0 Å². The number of piperazine rings is 1. The van der Waals surface area contributed by atoms with Gasteiger partial charge >= 0.3 is 0 Å². The fourth-order valence-corrected chi connectivity index (χ4v) is 5.88. The van der Waals surface area contributed by atoms with Crippen molar-refractivity contribution in [1.29, 1.82) is 0 Å². The molecule has 0 unspecified atom stereocenters. The van der Waals surface area contributed by atoms with Gasteiger partial charge in [0.1, 0.15) is 0 Å². The van der Waals surface area contributed by atoms with Gasteiger partial charge in [-0.2, -0.15) is 9.40 Å². The molecule has 0 atom stereocenters. The van der Waals surface area contributed by atoms with E-state index in [0.717, 1.165) is 30.4 Å². The molecular weight excluding hydrogens is 438 g/mol. The summed E-state index contributed by atoms with van der Waals surface area (Å²) in [6.07, 6.45) is 8.48. The molecule has 5 rings (SSSR count). The summed E-state index contributed by atoms with van der Waals surface area (Å²) in [5.41, 5.74) is 0.825. The summed E-state index contributed by atoms with van der Waals surface area (Å²) in [4.78, 5) is 4.71. The maximum absolute atomic E-state index is 13.1. The molecule has 3 aromatic rings. The van der Waals surface area contributed by atoms with Crippen LogP contribution in [0.1, 0.15) is 25.7 Å². The lowest BCUT2D eigenvalue weighted by Gasteiger charge is -2.34. The van der Waals surface area contributed by atoms with E-state index in [2.05, 4.69) is 25.1 Å². The predicted octanol–water partition coefficient (Wildman–Crippen LogP) is 2.55. The highest BCUT2D eigenvalue weighted by atomic mass is 32.2. The molecular formula is C23H29N7O2S. The molecule has 0 N–H and O–H groups in total. The largest absolute Gasteiger partial charge is 0.355 e. The highest BCUT2D eigenvalue weighted by Crippen LogP contribution is 2.23. The molecule has 0 spiro atoms. The van der Waals surface area contributed by atoms with Crippen molar-refractivity contribution in [2.45, 2.75) is 30.6 Å². The molecule has 0 radical (unpaired) electrons. The van der Waals surface area contributed by atoms with Crippen LogP contribution in [0.15, 0.2) is 59.8 Å². The fraction of sp³-hybridized carbons (Fsp3) is 0.435. The number of benzene rings is 1. The van der Waals surface area contributed by atoms with Crippen LogP contribution in [0.5, 0.6) is 0 Å². The maximum Gasteiger partial charge on any atom is 0.243 e. The zero-order chi connectivity index (χ0) is 22.7. The molecule has 2 aliphatic rings. The molecule has 2 fully saturated rings. The number of aromatic nitrogens is 4. The van der Waals surface area contributed by atoms with Gasteiger partial charge in [-0.05, 0) is 55.3 Å². The van der Waals surface area contributed by atoms with Gasteiger partial charge < -0.3 is 9.80 Å².